The molecule has 0 saturated heterocycles. The van der Waals surface area contributed by atoms with Crippen LogP contribution in [-0.4, -0.2) is 18.4 Å². The molecule has 0 aromatic heterocycles. The Morgan fingerprint density at radius 3 is 2.81 bits per heavy atom. The first-order valence-electron chi connectivity index (χ1n) is 4.90. The molecule has 0 heterocycles. The summed E-state index contributed by atoms with van der Waals surface area (Å²) in [4.78, 5) is 21.5. The van der Waals surface area contributed by atoms with E-state index in [4.69, 9.17) is 5.73 Å². The van der Waals surface area contributed by atoms with Gasteiger partial charge in [0.15, 0.2) is 0 Å². The Labute approximate surface area is 94.1 Å². The lowest BCUT2D eigenvalue weighted by molar-refractivity contribution is -0.118. The largest absolute Gasteiger partial charge is 0.366 e. The molecule has 0 spiro atoms. The monoisotopic (exact) mass is 218 g/mol. The third-order valence-electron chi connectivity index (χ3n) is 1.95. The fourth-order valence-electron chi connectivity index (χ4n) is 1.19. The fraction of sp³-hybridized carbons (Fsp3) is 0.167. The fourth-order valence-corrected chi connectivity index (χ4v) is 1.19. The summed E-state index contributed by atoms with van der Waals surface area (Å²) in [6.07, 6.45) is 3.63. The summed E-state index contributed by atoms with van der Waals surface area (Å²) in [6, 6.07) is 6.98. The third-order valence-corrected chi connectivity index (χ3v) is 1.95. The number of carbonyl (C=O) groups excluding carboxylic acids is 2. The van der Waals surface area contributed by atoms with Crippen LogP contribution >= 0.6 is 0 Å². The zero-order valence-corrected chi connectivity index (χ0v) is 9.07. The number of primary amides is 1. The molecule has 0 aliphatic heterocycles. The second-order valence-electron chi connectivity index (χ2n) is 3.33. The van der Waals surface area contributed by atoms with Crippen molar-refractivity contribution in [2.45, 2.75) is 6.92 Å². The van der Waals surface area contributed by atoms with E-state index in [9.17, 15) is 9.59 Å². The van der Waals surface area contributed by atoms with Crippen LogP contribution in [0.2, 0.25) is 0 Å². The average molecular weight is 218 g/mol. The van der Waals surface area contributed by atoms with Gasteiger partial charge in [-0.15, -0.1) is 0 Å². The zero-order chi connectivity index (χ0) is 12.0. The van der Waals surface area contributed by atoms with Crippen molar-refractivity contribution in [1.82, 2.24) is 5.32 Å². The topological polar surface area (TPSA) is 72.2 Å². The Morgan fingerprint density at radius 1 is 1.44 bits per heavy atom. The quantitative estimate of drug-likeness (QED) is 0.789. The van der Waals surface area contributed by atoms with Crippen molar-refractivity contribution in [2.24, 2.45) is 5.73 Å². The van der Waals surface area contributed by atoms with Crippen LogP contribution < -0.4 is 11.1 Å². The number of nitrogens with one attached hydrogen (secondary N) is 1. The number of hydrogen-bond acceptors (Lipinski definition) is 2. The maximum absolute atomic E-state index is 10.9. The molecule has 0 radical (unpaired) electrons. The van der Waals surface area contributed by atoms with Gasteiger partial charge in [-0.25, -0.2) is 0 Å². The Hall–Kier alpha value is -2.10. The second-order valence-corrected chi connectivity index (χ2v) is 3.33. The molecule has 0 aliphatic carbocycles. The molecule has 3 N–H and O–H groups in total. The Balaban J connectivity index is 2.63. The van der Waals surface area contributed by atoms with Crippen LogP contribution in [0.25, 0.3) is 6.08 Å². The van der Waals surface area contributed by atoms with E-state index in [1.807, 2.05) is 18.2 Å². The summed E-state index contributed by atoms with van der Waals surface area (Å²) >= 11 is 0. The number of amides is 2. The van der Waals surface area contributed by atoms with Gasteiger partial charge in [0.1, 0.15) is 0 Å². The van der Waals surface area contributed by atoms with Crippen molar-refractivity contribution in [1.29, 1.82) is 0 Å². The predicted molar refractivity (Wildman–Crippen MR) is 62.7 cm³/mol. The summed E-state index contributed by atoms with van der Waals surface area (Å²) in [6.45, 7) is 1.93. The number of nitrogens with two attached hydrogens (primary N) is 1. The minimum Gasteiger partial charge on any atom is -0.366 e. The lowest BCUT2D eigenvalue weighted by atomic mass is 10.1. The summed E-state index contributed by atoms with van der Waals surface area (Å²) in [7, 11) is 0. The molecule has 1 aromatic carbocycles. The van der Waals surface area contributed by atoms with Crippen LogP contribution in [0.4, 0.5) is 0 Å². The molecule has 0 saturated carbocycles. The van der Waals surface area contributed by atoms with Crippen molar-refractivity contribution in [2.75, 3.05) is 6.54 Å². The number of benzene rings is 1. The van der Waals surface area contributed by atoms with Gasteiger partial charge < -0.3 is 11.1 Å². The van der Waals surface area contributed by atoms with Crippen molar-refractivity contribution in [3.63, 3.8) is 0 Å². The van der Waals surface area contributed by atoms with Crippen LogP contribution in [0, 0.1) is 0 Å². The van der Waals surface area contributed by atoms with Crippen LogP contribution in [0.5, 0.6) is 0 Å². The van der Waals surface area contributed by atoms with Crippen molar-refractivity contribution in [3.8, 4) is 0 Å². The minimum absolute atomic E-state index is 0.0736. The highest BCUT2D eigenvalue weighted by Crippen LogP contribution is 2.06. The highest BCUT2D eigenvalue weighted by atomic mass is 16.1. The lowest BCUT2D eigenvalue weighted by Gasteiger charge is -1.98. The number of hydrogen-bond donors (Lipinski definition) is 2. The normalized spacial score (nSPS) is 10.3. The van der Waals surface area contributed by atoms with E-state index in [2.05, 4.69) is 5.32 Å². The van der Waals surface area contributed by atoms with Gasteiger partial charge >= 0.3 is 0 Å². The molecule has 0 bridgehead atoms. The highest BCUT2D eigenvalue weighted by molar-refractivity contribution is 5.93. The molecule has 4 nitrogen and oxygen atoms in total. The van der Waals surface area contributed by atoms with Crippen LogP contribution in [0.3, 0.4) is 0 Å². The molecule has 2 amide bonds. The number of rotatable bonds is 4. The minimum atomic E-state index is -0.447. The second kappa shape index (κ2) is 5.70. The van der Waals surface area contributed by atoms with Crippen LogP contribution in [-0.2, 0) is 4.79 Å². The zero-order valence-electron chi connectivity index (χ0n) is 9.07. The molecule has 1 rings (SSSR count). The van der Waals surface area contributed by atoms with Crippen LogP contribution in [0.15, 0.2) is 30.3 Å². The molecule has 16 heavy (non-hydrogen) atoms. The smallest absolute Gasteiger partial charge is 0.248 e. The van der Waals surface area contributed by atoms with Gasteiger partial charge in [0, 0.05) is 19.0 Å². The first-order chi connectivity index (χ1) is 7.59. The molecule has 0 fully saturated rings. The standard InChI is InChI=1S/C12H14N2O2/c1-9(15)14-7-3-5-10-4-2-6-11(8-10)12(13)16/h2-6,8H,7H2,1H3,(H2,13,16)(H,14,15). The highest BCUT2D eigenvalue weighted by Gasteiger charge is 1.98. The predicted octanol–water partition coefficient (Wildman–Crippen LogP) is 0.935. The van der Waals surface area contributed by atoms with E-state index in [-0.39, 0.29) is 5.91 Å². The van der Waals surface area contributed by atoms with E-state index in [1.165, 1.54) is 6.92 Å². The summed E-state index contributed by atoms with van der Waals surface area (Å²) in [5.41, 5.74) is 6.51. The molecule has 1 aromatic rings. The van der Waals surface area contributed by atoms with Gasteiger partial charge in [0.2, 0.25) is 11.8 Å². The van der Waals surface area contributed by atoms with Crippen LogP contribution in [0.1, 0.15) is 22.8 Å². The summed E-state index contributed by atoms with van der Waals surface area (Å²) in [5, 5.41) is 2.64. The average Bonchev–Trinajstić information content (AvgIpc) is 2.24. The van der Waals surface area contributed by atoms with Crippen molar-refractivity contribution >= 4 is 17.9 Å². The van der Waals surface area contributed by atoms with Crippen molar-refractivity contribution in [3.05, 3.63) is 41.5 Å². The maximum Gasteiger partial charge on any atom is 0.248 e. The van der Waals surface area contributed by atoms with E-state index in [0.29, 0.717) is 12.1 Å². The maximum atomic E-state index is 10.9. The van der Waals surface area contributed by atoms with Gasteiger partial charge in [-0.2, -0.15) is 0 Å². The van der Waals surface area contributed by atoms with E-state index in [1.54, 1.807) is 18.2 Å². The van der Waals surface area contributed by atoms with Gasteiger partial charge in [-0.05, 0) is 17.7 Å². The van der Waals surface area contributed by atoms with Gasteiger partial charge in [-0.3, -0.25) is 9.59 Å². The summed E-state index contributed by atoms with van der Waals surface area (Å²) in [5.74, 6) is -0.521. The van der Waals surface area contributed by atoms with E-state index < -0.39 is 5.91 Å². The van der Waals surface area contributed by atoms with E-state index in [0.717, 1.165) is 5.56 Å². The SMILES string of the molecule is CC(=O)NCC=Cc1cccc(C(N)=O)c1. The first-order valence-corrected chi connectivity index (χ1v) is 4.90. The molecule has 0 unspecified atom stereocenters. The van der Waals surface area contributed by atoms with Crippen molar-refractivity contribution < 1.29 is 9.59 Å². The Morgan fingerprint density at radius 2 is 2.19 bits per heavy atom. The third kappa shape index (κ3) is 3.96. The Bertz CT molecular complexity index is 425. The molecule has 4 heteroatoms. The molecule has 0 atom stereocenters. The van der Waals surface area contributed by atoms with Gasteiger partial charge in [0.25, 0.3) is 0 Å². The molecular weight excluding hydrogens is 204 g/mol. The molecule has 0 aliphatic rings. The molecule has 84 valence electrons. The number of carbonyl (C=O) groups is 2. The summed E-state index contributed by atoms with van der Waals surface area (Å²) < 4.78 is 0. The van der Waals surface area contributed by atoms with Gasteiger partial charge in [-0.1, -0.05) is 24.3 Å². The van der Waals surface area contributed by atoms with E-state index >= 15 is 0 Å². The molecular formula is C12H14N2O2. The first kappa shape index (κ1) is 12.0. The Kier molecular flexibility index (Phi) is 4.27. The lowest BCUT2D eigenvalue weighted by Crippen LogP contribution is -2.19. The van der Waals surface area contributed by atoms with Gasteiger partial charge in [0.05, 0.1) is 0 Å².